The fraction of sp³-hybridized carbons (Fsp3) is 0.125. The van der Waals surface area contributed by atoms with Crippen molar-refractivity contribution in [3.05, 3.63) is 95.8 Å². The largest absolute Gasteiger partial charge is 0.273 e. The van der Waals surface area contributed by atoms with E-state index in [-0.39, 0.29) is 0 Å². The van der Waals surface area contributed by atoms with Crippen molar-refractivity contribution in [2.45, 2.75) is 12.1 Å². The van der Waals surface area contributed by atoms with Crippen molar-refractivity contribution in [3.8, 4) is 6.07 Å². The molecule has 0 bridgehead atoms. The first-order valence-corrected chi connectivity index (χ1v) is 9.73. The van der Waals surface area contributed by atoms with Crippen molar-refractivity contribution in [3.63, 3.8) is 0 Å². The minimum absolute atomic E-state index is 0.305. The molecule has 5 rings (SSSR count). The van der Waals surface area contributed by atoms with Crippen LogP contribution < -0.4 is 9.96 Å². The molecule has 3 aromatic rings. The number of carbonyl (C=O) groups is 2. The van der Waals surface area contributed by atoms with Crippen LogP contribution >= 0.6 is 0 Å². The molecule has 152 valence electrons. The van der Waals surface area contributed by atoms with Gasteiger partial charge in [0, 0.05) is 0 Å². The van der Waals surface area contributed by atoms with Crippen LogP contribution in [0.3, 0.4) is 0 Å². The normalized spacial score (nSPS) is 22.5. The second-order valence-electron chi connectivity index (χ2n) is 7.38. The average molecular weight is 413 g/mol. The molecule has 2 heterocycles. The maximum absolute atomic E-state index is 13.4. The van der Waals surface area contributed by atoms with E-state index in [9.17, 15) is 14.0 Å². The highest BCUT2D eigenvalue weighted by atomic mass is 19.1. The van der Waals surface area contributed by atoms with E-state index < -0.39 is 35.7 Å². The number of nitriles is 1. The first kappa shape index (κ1) is 19.0. The van der Waals surface area contributed by atoms with Gasteiger partial charge < -0.3 is 0 Å². The summed E-state index contributed by atoms with van der Waals surface area (Å²) < 4.78 is 13.3. The standard InChI is InChI=1S/C24H16FN3O3/c25-17-10-12-18(13-11-17)27-23(29)20-21(16-8-6-15(14-26)7-9-16)28(31-22(20)24(27)30)19-4-2-1-3-5-19/h1-13,20-22H/t20-,21-,22+/m1/s1. The van der Waals surface area contributed by atoms with Crippen molar-refractivity contribution in [1.29, 1.82) is 5.26 Å². The van der Waals surface area contributed by atoms with Gasteiger partial charge in [0.25, 0.3) is 5.91 Å². The molecular weight excluding hydrogens is 397 g/mol. The Morgan fingerprint density at radius 3 is 2.16 bits per heavy atom. The minimum Gasteiger partial charge on any atom is -0.273 e. The first-order valence-electron chi connectivity index (χ1n) is 9.73. The summed E-state index contributed by atoms with van der Waals surface area (Å²) in [5.41, 5.74) is 2.25. The van der Waals surface area contributed by atoms with Crippen LogP contribution in [0.5, 0.6) is 0 Å². The van der Waals surface area contributed by atoms with Crippen molar-refractivity contribution < 1.29 is 18.8 Å². The highest BCUT2D eigenvalue weighted by Crippen LogP contribution is 2.47. The Balaban J connectivity index is 1.58. The summed E-state index contributed by atoms with van der Waals surface area (Å²) in [6, 6.07) is 22.8. The molecule has 3 aromatic carbocycles. The van der Waals surface area contributed by atoms with E-state index >= 15 is 0 Å². The lowest BCUT2D eigenvalue weighted by molar-refractivity contribution is -0.126. The number of benzene rings is 3. The molecule has 0 spiro atoms. The Kier molecular flexibility index (Phi) is 4.50. The molecule has 31 heavy (non-hydrogen) atoms. The molecule has 0 radical (unpaired) electrons. The third kappa shape index (κ3) is 3.05. The van der Waals surface area contributed by atoms with Crippen molar-refractivity contribution in [2.24, 2.45) is 5.92 Å². The predicted octanol–water partition coefficient (Wildman–Crippen LogP) is 3.75. The summed E-state index contributed by atoms with van der Waals surface area (Å²) in [7, 11) is 0. The third-order valence-electron chi connectivity index (χ3n) is 5.59. The number of anilines is 2. The van der Waals surface area contributed by atoms with Crippen molar-refractivity contribution in [1.82, 2.24) is 0 Å². The summed E-state index contributed by atoms with van der Waals surface area (Å²) in [5.74, 6) is -2.14. The molecule has 2 aliphatic heterocycles. The van der Waals surface area contributed by atoms with E-state index in [1.807, 2.05) is 30.3 Å². The summed E-state index contributed by atoms with van der Waals surface area (Å²) in [5, 5.41) is 10.7. The molecule has 0 aromatic heterocycles. The van der Waals surface area contributed by atoms with Gasteiger partial charge in [-0.25, -0.2) is 14.4 Å². The van der Waals surface area contributed by atoms with Gasteiger partial charge in [-0.1, -0.05) is 30.3 Å². The summed E-state index contributed by atoms with van der Waals surface area (Å²) in [4.78, 5) is 33.7. The minimum atomic E-state index is -1.00. The molecule has 7 heteroatoms. The quantitative estimate of drug-likeness (QED) is 0.612. The van der Waals surface area contributed by atoms with Gasteiger partial charge in [0.15, 0.2) is 6.10 Å². The lowest BCUT2D eigenvalue weighted by atomic mass is 9.90. The topological polar surface area (TPSA) is 73.6 Å². The fourth-order valence-electron chi connectivity index (χ4n) is 4.15. The van der Waals surface area contributed by atoms with Gasteiger partial charge in [-0.15, -0.1) is 0 Å². The maximum Gasteiger partial charge on any atom is 0.266 e. The average Bonchev–Trinajstić information content (AvgIpc) is 3.31. The van der Waals surface area contributed by atoms with E-state index in [0.717, 1.165) is 10.5 Å². The Morgan fingerprint density at radius 2 is 1.52 bits per heavy atom. The zero-order valence-corrected chi connectivity index (χ0v) is 16.2. The van der Waals surface area contributed by atoms with Gasteiger partial charge in [0.2, 0.25) is 5.91 Å². The Hall–Kier alpha value is -4.02. The Morgan fingerprint density at radius 1 is 0.839 bits per heavy atom. The monoisotopic (exact) mass is 413 g/mol. The fourth-order valence-corrected chi connectivity index (χ4v) is 4.15. The van der Waals surface area contributed by atoms with E-state index in [1.165, 1.54) is 24.3 Å². The van der Waals surface area contributed by atoms with E-state index in [4.69, 9.17) is 10.1 Å². The lowest BCUT2D eigenvalue weighted by Crippen LogP contribution is -2.37. The number of imide groups is 1. The van der Waals surface area contributed by atoms with Crippen molar-refractivity contribution in [2.75, 3.05) is 9.96 Å². The van der Waals surface area contributed by atoms with Crippen LogP contribution in [-0.2, 0) is 14.4 Å². The number of nitrogens with zero attached hydrogens (tertiary/aromatic N) is 3. The number of carbonyl (C=O) groups excluding carboxylic acids is 2. The van der Waals surface area contributed by atoms with E-state index in [0.29, 0.717) is 16.9 Å². The molecule has 2 saturated heterocycles. The number of hydrogen-bond donors (Lipinski definition) is 0. The zero-order chi connectivity index (χ0) is 21.5. The first-order chi connectivity index (χ1) is 15.1. The van der Waals surface area contributed by atoms with Crippen LogP contribution in [-0.4, -0.2) is 17.9 Å². The van der Waals surface area contributed by atoms with E-state index in [1.54, 1.807) is 29.3 Å². The third-order valence-corrected chi connectivity index (χ3v) is 5.59. The molecule has 2 aliphatic rings. The van der Waals surface area contributed by atoms with E-state index in [2.05, 4.69) is 6.07 Å². The van der Waals surface area contributed by atoms with Gasteiger partial charge in [0.05, 0.1) is 29.0 Å². The predicted molar refractivity (Wildman–Crippen MR) is 110 cm³/mol. The number of amides is 2. The SMILES string of the molecule is N#Cc1ccc([C@@H]2[C@H]3C(=O)N(c4ccc(F)cc4)C(=O)[C@H]3ON2c2ccccc2)cc1. The van der Waals surface area contributed by atoms with Crippen LogP contribution in [0.4, 0.5) is 15.8 Å². The van der Waals surface area contributed by atoms with Gasteiger partial charge in [0.1, 0.15) is 11.7 Å². The second-order valence-corrected chi connectivity index (χ2v) is 7.38. The van der Waals surface area contributed by atoms with Crippen LogP contribution in [0.15, 0.2) is 78.9 Å². The molecule has 2 fully saturated rings. The Bertz CT molecular complexity index is 1190. The number of para-hydroxylation sites is 1. The molecular formula is C24H16FN3O3. The molecule has 6 nitrogen and oxygen atoms in total. The summed E-state index contributed by atoms with van der Waals surface area (Å²) >= 11 is 0. The van der Waals surface area contributed by atoms with Gasteiger partial charge in [-0.05, 0) is 54.1 Å². The number of fused-ring (bicyclic) bond motifs is 1. The van der Waals surface area contributed by atoms with Crippen LogP contribution in [0, 0.1) is 23.1 Å². The molecule has 3 atom stereocenters. The van der Waals surface area contributed by atoms with Gasteiger partial charge in [-0.3, -0.25) is 14.4 Å². The zero-order valence-electron chi connectivity index (χ0n) is 16.2. The lowest BCUT2D eigenvalue weighted by Gasteiger charge is -2.28. The molecule has 2 amide bonds. The van der Waals surface area contributed by atoms with Crippen molar-refractivity contribution >= 4 is 23.2 Å². The smallest absolute Gasteiger partial charge is 0.266 e. The Labute approximate surface area is 177 Å². The van der Waals surface area contributed by atoms with Crippen LogP contribution in [0.1, 0.15) is 17.2 Å². The highest BCUT2D eigenvalue weighted by Gasteiger charge is 2.60. The molecule has 0 aliphatic carbocycles. The number of hydrogen-bond acceptors (Lipinski definition) is 5. The summed E-state index contributed by atoms with van der Waals surface area (Å²) in [6.45, 7) is 0. The van der Waals surface area contributed by atoms with Gasteiger partial charge in [-0.2, -0.15) is 5.26 Å². The van der Waals surface area contributed by atoms with Gasteiger partial charge >= 0.3 is 0 Å². The highest BCUT2D eigenvalue weighted by molar-refractivity contribution is 6.23. The number of halogens is 1. The summed E-state index contributed by atoms with van der Waals surface area (Å²) in [6.07, 6.45) is -1.00. The second kappa shape index (κ2) is 7.35. The molecule has 0 saturated carbocycles. The number of hydroxylamine groups is 1. The van der Waals surface area contributed by atoms with Crippen LogP contribution in [0.25, 0.3) is 0 Å². The number of rotatable bonds is 3. The van der Waals surface area contributed by atoms with Crippen LogP contribution in [0.2, 0.25) is 0 Å². The molecule has 0 unspecified atom stereocenters. The molecule has 0 N–H and O–H groups in total. The maximum atomic E-state index is 13.4.